The SMILES string of the molecule is CCOCc1c2c(cn1-c1cccc(OCC)c1)C(C)(C(N)=O)C(C)C2C. The summed E-state index contributed by atoms with van der Waals surface area (Å²) in [5.74, 6) is 0.920. The van der Waals surface area contributed by atoms with Crippen molar-refractivity contribution in [2.24, 2.45) is 11.7 Å². The van der Waals surface area contributed by atoms with E-state index in [-0.39, 0.29) is 17.7 Å². The van der Waals surface area contributed by atoms with Gasteiger partial charge in [-0.15, -0.1) is 0 Å². The van der Waals surface area contributed by atoms with Crippen molar-refractivity contribution in [3.63, 3.8) is 0 Å². The first-order valence-electron chi connectivity index (χ1n) is 9.71. The molecule has 2 aromatic rings. The van der Waals surface area contributed by atoms with Crippen LogP contribution in [-0.4, -0.2) is 23.7 Å². The third-order valence-electron chi connectivity index (χ3n) is 6.19. The number of nitrogens with two attached hydrogens (primary N) is 1. The molecule has 3 unspecified atom stereocenters. The Morgan fingerprint density at radius 1 is 1.26 bits per heavy atom. The molecule has 1 aromatic heterocycles. The van der Waals surface area contributed by atoms with Crippen LogP contribution in [0.25, 0.3) is 5.69 Å². The van der Waals surface area contributed by atoms with Crippen LogP contribution in [0.5, 0.6) is 5.75 Å². The van der Waals surface area contributed by atoms with Gasteiger partial charge >= 0.3 is 0 Å². The van der Waals surface area contributed by atoms with E-state index in [0.717, 1.165) is 22.7 Å². The van der Waals surface area contributed by atoms with E-state index >= 15 is 0 Å². The molecule has 146 valence electrons. The Balaban J connectivity index is 2.19. The molecule has 0 spiro atoms. The van der Waals surface area contributed by atoms with Gasteiger partial charge in [-0.3, -0.25) is 4.79 Å². The zero-order valence-corrected chi connectivity index (χ0v) is 16.9. The molecule has 5 nitrogen and oxygen atoms in total. The first-order valence-corrected chi connectivity index (χ1v) is 9.71. The van der Waals surface area contributed by atoms with Crippen LogP contribution in [0.15, 0.2) is 30.5 Å². The van der Waals surface area contributed by atoms with Gasteiger partial charge in [0.05, 0.1) is 24.3 Å². The maximum atomic E-state index is 12.4. The number of carbonyl (C=O) groups excluding carboxylic acids is 1. The maximum Gasteiger partial charge on any atom is 0.228 e. The lowest BCUT2D eigenvalue weighted by Crippen LogP contribution is -2.41. The van der Waals surface area contributed by atoms with Gasteiger partial charge in [0.2, 0.25) is 5.91 Å². The lowest BCUT2D eigenvalue weighted by molar-refractivity contribution is -0.124. The van der Waals surface area contributed by atoms with Crippen molar-refractivity contribution in [2.45, 2.75) is 52.6 Å². The van der Waals surface area contributed by atoms with Gasteiger partial charge in [-0.1, -0.05) is 19.9 Å². The number of hydrogen-bond donors (Lipinski definition) is 1. The van der Waals surface area contributed by atoms with Crippen LogP contribution in [0.2, 0.25) is 0 Å². The Morgan fingerprint density at radius 3 is 2.63 bits per heavy atom. The number of primary amides is 1. The highest BCUT2D eigenvalue weighted by molar-refractivity contribution is 5.89. The summed E-state index contributed by atoms with van der Waals surface area (Å²) in [4.78, 5) is 12.4. The third kappa shape index (κ3) is 3.04. The van der Waals surface area contributed by atoms with Crippen LogP contribution in [0.1, 0.15) is 57.4 Å². The molecule has 0 saturated carbocycles. The number of carbonyl (C=O) groups is 1. The van der Waals surface area contributed by atoms with E-state index in [9.17, 15) is 4.79 Å². The van der Waals surface area contributed by atoms with Gasteiger partial charge in [-0.05, 0) is 55.9 Å². The zero-order chi connectivity index (χ0) is 19.8. The summed E-state index contributed by atoms with van der Waals surface area (Å²) in [5.41, 5.74) is 9.48. The Hall–Kier alpha value is -2.27. The number of nitrogens with zero attached hydrogens (tertiary/aromatic N) is 1. The van der Waals surface area contributed by atoms with E-state index in [2.05, 4.69) is 24.6 Å². The Morgan fingerprint density at radius 2 is 2.00 bits per heavy atom. The summed E-state index contributed by atoms with van der Waals surface area (Å²) in [6.45, 7) is 12.0. The molecule has 1 aliphatic carbocycles. The van der Waals surface area contributed by atoms with Gasteiger partial charge in [0.25, 0.3) is 0 Å². The largest absolute Gasteiger partial charge is 0.494 e. The fourth-order valence-corrected chi connectivity index (χ4v) is 4.30. The van der Waals surface area contributed by atoms with Crippen LogP contribution in [0.4, 0.5) is 0 Å². The second-order valence-electron chi connectivity index (χ2n) is 7.48. The van der Waals surface area contributed by atoms with E-state index in [1.807, 2.05) is 45.0 Å². The van der Waals surface area contributed by atoms with Crippen molar-refractivity contribution in [3.05, 3.63) is 47.3 Å². The molecule has 3 rings (SSSR count). The molecular formula is C22H30N2O3. The highest BCUT2D eigenvalue weighted by atomic mass is 16.5. The number of fused-ring (bicyclic) bond motifs is 1. The molecule has 0 saturated heterocycles. The number of amides is 1. The molecule has 27 heavy (non-hydrogen) atoms. The minimum atomic E-state index is -0.682. The van der Waals surface area contributed by atoms with Crippen molar-refractivity contribution in [2.75, 3.05) is 13.2 Å². The fourth-order valence-electron chi connectivity index (χ4n) is 4.30. The molecule has 1 heterocycles. The number of benzene rings is 1. The lowest BCUT2D eigenvalue weighted by Gasteiger charge is -2.28. The zero-order valence-electron chi connectivity index (χ0n) is 16.9. The lowest BCUT2D eigenvalue weighted by atomic mass is 9.75. The second kappa shape index (κ2) is 7.39. The first kappa shape index (κ1) is 19.5. The van der Waals surface area contributed by atoms with E-state index in [4.69, 9.17) is 15.2 Å². The fraction of sp³-hybridized carbons (Fsp3) is 0.500. The summed E-state index contributed by atoms with van der Waals surface area (Å²) in [5, 5.41) is 0. The molecule has 0 radical (unpaired) electrons. The second-order valence-corrected chi connectivity index (χ2v) is 7.48. The molecule has 2 N–H and O–H groups in total. The Kier molecular flexibility index (Phi) is 5.33. The summed E-state index contributed by atoms with van der Waals surface area (Å²) in [6.07, 6.45) is 2.07. The van der Waals surface area contributed by atoms with Crippen LogP contribution < -0.4 is 10.5 Å². The summed E-state index contributed by atoms with van der Waals surface area (Å²) in [7, 11) is 0. The standard InChI is InChI=1S/C22H30N2O3/c1-6-26-13-19-20-14(3)15(4)22(5,21(23)25)18(20)12-24(19)16-9-8-10-17(11-16)27-7-2/h8-12,14-15H,6-7,13H2,1-5H3,(H2,23,25). The predicted octanol–water partition coefficient (Wildman–Crippen LogP) is 3.91. The van der Waals surface area contributed by atoms with Crippen molar-refractivity contribution in [3.8, 4) is 11.4 Å². The minimum Gasteiger partial charge on any atom is -0.494 e. The number of hydrogen-bond acceptors (Lipinski definition) is 3. The summed E-state index contributed by atoms with van der Waals surface area (Å²) < 4.78 is 13.6. The highest BCUT2D eigenvalue weighted by Gasteiger charge is 2.51. The molecular weight excluding hydrogens is 340 g/mol. The molecule has 1 amide bonds. The van der Waals surface area contributed by atoms with Crippen LogP contribution in [0, 0.1) is 5.92 Å². The maximum absolute atomic E-state index is 12.4. The Bertz CT molecular complexity index is 842. The van der Waals surface area contributed by atoms with Crippen molar-refractivity contribution >= 4 is 5.91 Å². The van der Waals surface area contributed by atoms with E-state index in [1.165, 1.54) is 5.56 Å². The smallest absolute Gasteiger partial charge is 0.228 e. The molecule has 0 aliphatic heterocycles. The van der Waals surface area contributed by atoms with Gasteiger partial charge in [0.1, 0.15) is 5.75 Å². The average molecular weight is 370 g/mol. The molecule has 0 bridgehead atoms. The van der Waals surface area contributed by atoms with Gasteiger partial charge in [0, 0.05) is 24.6 Å². The number of ether oxygens (including phenoxy) is 2. The van der Waals surface area contributed by atoms with Gasteiger partial charge in [-0.25, -0.2) is 0 Å². The van der Waals surface area contributed by atoms with E-state index < -0.39 is 5.41 Å². The van der Waals surface area contributed by atoms with Gasteiger partial charge < -0.3 is 19.8 Å². The van der Waals surface area contributed by atoms with Crippen molar-refractivity contribution in [1.29, 1.82) is 0 Å². The monoisotopic (exact) mass is 370 g/mol. The van der Waals surface area contributed by atoms with Crippen molar-refractivity contribution < 1.29 is 14.3 Å². The third-order valence-corrected chi connectivity index (χ3v) is 6.19. The van der Waals surface area contributed by atoms with E-state index in [0.29, 0.717) is 19.8 Å². The highest BCUT2D eigenvalue weighted by Crippen LogP contribution is 2.52. The van der Waals surface area contributed by atoms with Crippen molar-refractivity contribution in [1.82, 2.24) is 4.57 Å². The number of aromatic nitrogens is 1. The summed E-state index contributed by atoms with van der Waals surface area (Å²) >= 11 is 0. The van der Waals surface area contributed by atoms with Gasteiger partial charge in [0.15, 0.2) is 0 Å². The van der Waals surface area contributed by atoms with Crippen LogP contribution in [-0.2, 0) is 21.6 Å². The Labute approximate surface area is 161 Å². The van der Waals surface area contributed by atoms with E-state index in [1.54, 1.807) is 0 Å². The van der Waals surface area contributed by atoms with Crippen LogP contribution in [0.3, 0.4) is 0 Å². The first-order chi connectivity index (χ1) is 12.9. The molecule has 1 aromatic carbocycles. The minimum absolute atomic E-state index is 0.143. The molecule has 5 heteroatoms. The summed E-state index contributed by atoms with van der Waals surface area (Å²) in [6, 6.07) is 7.99. The van der Waals surface area contributed by atoms with Crippen LogP contribution >= 0.6 is 0 Å². The normalized spacial score (nSPS) is 24.0. The number of rotatable bonds is 7. The van der Waals surface area contributed by atoms with Gasteiger partial charge in [-0.2, -0.15) is 0 Å². The quantitative estimate of drug-likeness (QED) is 0.803. The predicted molar refractivity (Wildman–Crippen MR) is 106 cm³/mol. The average Bonchev–Trinajstić information content (AvgIpc) is 3.12. The molecule has 3 atom stereocenters. The topological polar surface area (TPSA) is 66.5 Å². The molecule has 1 aliphatic rings. The molecule has 0 fully saturated rings.